The molecule has 1 nitrogen and oxygen atoms in total. The summed E-state index contributed by atoms with van der Waals surface area (Å²) < 4.78 is 0. The molecule has 0 aromatic heterocycles. The molecule has 102 valence electrons. The molecule has 0 aliphatic heterocycles. The molecular weight excluding hydrogens is 208 g/mol. The summed E-state index contributed by atoms with van der Waals surface area (Å²) in [7, 11) is 0. The molecule has 0 atom stereocenters. The van der Waals surface area contributed by atoms with Crippen molar-refractivity contribution in [1.29, 1.82) is 0 Å². The summed E-state index contributed by atoms with van der Waals surface area (Å²) >= 11 is 0. The highest BCUT2D eigenvalue weighted by Crippen LogP contribution is 2.09. The van der Waals surface area contributed by atoms with E-state index in [2.05, 4.69) is 19.1 Å². The number of allylic oxidation sites excluding steroid dienone is 2. The van der Waals surface area contributed by atoms with Crippen LogP contribution in [0.15, 0.2) is 12.2 Å². The molecule has 0 heterocycles. The molecule has 0 unspecified atom stereocenters. The summed E-state index contributed by atoms with van der Waals surface area (Å²) in [6.07, 6.45) is 20.3. The van der Waals surface area contributed by atoms with Gasteiger partial charge in [-0.2, -0.15) is 0 Å². The van der Waals surface area contributed by atoms with Gasteiger partial charge in [0.1, 0.15) is 0 Å². The largest absolute Gasteiger partial charge is 0.396 e. The van der Waals surface area contributed by atoms with Gasteiger partial charge in [0, 0.05) is 6.61 Å². The van der Waals surface area contributed by atoms with Gasteiger partial charge in [-0.25, -0.2) is 0 Å². The second kappa shape index (κ2) is 15.7. The number of hydrogen-bond acceptors (Lipinski definition) is 1. The average Bonchev–Trinajstić information content (AvgIpc) is 2.35. The first-order valence-corrected chi connectivity index (χ1v) is 7.67. The Morgan fingerprint density at radius 3 is 1.65 bits per heavy atom. The van der Waals surface area contributed by atoms with E-state index in [9.17, 15) is 0 Å². The smallest absolute Gasteiger partial charge is 0.0431 e. The topological polar surface area (TPSA) is 20.2 Å². The average molecular weight is 240 g/mol. The van der Waals surface area contributed by atoms with Gasteiger partial charge in [-0.05, 0) is 32.1 Å². The van der Waals surface area contributed by atoms with E-state index in [1.807, 2.05) is 0 Å². The van der Waals surface area contributed by atoms with E-state index >= 15 is 0 Å². The molecule has 17 heavy (non-hydrogen) atoms. The molecule has 0 fully saturated rings. The third-order valence-corrected chi connectivity index (χ3v) is 3.17. The van der Waals surface area contributed by atoms with Crippen LogP contribution in [0.3, 0.4) is 0 Å². The van der Waals surface area contributed by atoms with E-state index in [0.717, 1.165) is 12.8 Å². The van der Waals surface area contributed by atoms with Crippen LogP contribution in [0.5, 0.6) is 0 Å². The molecule has 0 aliphatic carbocycles. The molecule has 0 amide bonds. The Labute approximate surface area is 108 Å². The number of rotatable bonds is 13. The van der Waals surface area contributed by atoms with Crippen molar-refractivity contribution < 1.29 is 5.11 Å². The fourth-order valence-corrected chi connectivity index (χ4v) is 2.01. The van der Waals surface area contributed by atoms with Crippen molar-refractivity contribution in [2.24, 2.45) is 0 Å². The van der Waals surface area contributed by atoms with Crippen LogP contribution in [0.25, 0.3) is 0 Å². The lowest BCUT2D eigenvalue weighted by Gasteiger charge is -1.99. The minimum absolute atomic E-state index is 0.349. The lowest BCUT2D eigenvalue weighted by atomic mass is 10.1. The van der Waals surface area contributed by atoms with Crippen LogP contribution in [0, 0.1) is 0 Å². The minimum atomic E-state index is 0.349. The summed E-state index contributed by atoms with van der Waals surface area (Å²) in [4.78, 5) is 0. The highest BCUT2D eigenvalue weighted by molar-refractivity contribution is 4.81. The van der Waals surface area contributed by atoms with Crippen LogP contribution in [-0.4, -0.2) is 11.7 Å². The lowest BCUT2D eigenvalue weighted by Crippen LogP contribution is -1.81. The van der Waals surface area contributed by atoms with Gasteiger partial charge < -0.3 is 5.11 Å². The molecule has 1 heteroatoms. The van der Waals surface area contributed by atoms with Gasteiger partial charge in [0.15, 0.2) is 0 Å². The van der Waals surface area contributed by atoms with Gasteiger partial charge in [0.25, 0.3) is 0 Å². The maximum Gasteiger partial charge on any atom is 0.0431 e. The van der Waals surface area contributed by atoms with E-state index in [-0.39, 0.29) is 0 Å². The Morgan fingerprint density at radius 2 is 1.12 bits per heavy atom. The summed E-state index contributed by atoms with van der Waals surface area (Å²) in [5, 5.41) is 8.63. The SMILES string of the molecule is CCCCCCCCCC=CCCCCCO. The van der Waals surface area contributed by atoms with Crippen molar-refractivity contribution in [1.82, 2.24) is 0 Å². The molecule has 0 rings (SSSR count). The van der Waals surface area contributed by atoms with Crippen LogP contribution in [-0.2, 0) is 0 Å². The maximum absolute atomic E-state index is 8.63. The standard InChI is InChI=1S/C16H32O/c1-2-3-4-5-6-7-8-9-10-11-12-13-14-15-16-17/h10-11,17H,2-9,12-16H2,1H3. The second-order valence-corrected chi connectivity index (χ2v) is 4.95. The van der Waals surface area contributed by atoms with Crippen LogP contribution >= 0.6 is 0 Å². The zero-order valence-corrected chi connectivity index (χ0v) is 11.8. The fraction of sp³-hybridized carbons (Fsp3) is 0.875. The van der Waals surface area contributed by atoms with Crippen molar-refractivity contribution >= 4 is 0 Å². The van der Waals surface area contributed by atoms with Crippen LogP contribution in [0.2, 0.25) is 0 Å². The minimum Gasteiger partial charge on any atom is -0.396 e. The Kier molecular flexibility index (Phi) is 15.4. The predicted octanol–water partition coefficient (Wildman–Crippen LogP) is 5.24. The van der Waals surface area contributed by atoms with Gasteiger partial charge >= 0.3 is 0 Å². The van der Waals surface area contributed by atoms with Crippen molar-refractivity contribution in [2.45, 2.75) is 84.0 Å². The lowest BCUT2D eigenvalue weighted by molar-refractivity contribution is 0.283. The highest BCUT2D eigenvalue weighted by Gasteiger charge is 1.89. The Morgan fingerprint density at radius 1 is 0.647 bits per heavy atom. The number of aliphatic hydroxyl groups excluding tert-OH is 1. The molecule has 0 aromatic rings. The Balaban J connectivity index is 2.99. The summed E-state index contributed by atoms with van der Waals surface area (Å²) in [6.45, 7) is 2.62. The number of hydrogen-bond donors (Lipinski definition) is 1. The van der Waals surface area contributed by atoms with Crippen molar-refractivity contribution in [3.8, 4) is 0 Å². The van der Waals surface area contributed by atoms with Crippen LogP contribution in [0.4, 0.5) is 0 Å². The van der Waals surface area contributed by atoms with Gasteiger partial charge in [0.2, 0.25) is 0 Å². The third-order valence-electron chi connectivity index (χ3n) is 3.17. The van der Waals surface area contributed by atoms with E-state index in [0.29, 0.717) is 6.61 Å². The summed E-state index contributed by atoms with van der Waals surface area (Å²) in [6, 6.07) is 0. The fourth-order valence-electron chi connectivity index (χ4n) is 2.01. The van der Waals surface area contributed by atoms with E-state index in [1.54, 1.807) is 0 Å². The Hall–Kier alpha value is -0.300. The van der Waals surface area contributed by atoms with Gasteiger partial charge in [-0.3, -0.25) is 0 Å². The van der Waals surface area contributed by atoms with Crippen molar-refractivity contribution in [2.75, 3.05) is 6.61 Å². The van der Waals surface area contributed by atoms with Gasteiger partial charge in [-0.1, -0.05) is 64.0 Å². The molecule has 0 saturated carbocycles. The first kappa shape index (κ1) is 16.7. The molecule has 0 saturated heterocycles. The zero-order valence-electron chi connectivity index (χ0n) is 11.8. The molecule has 0 aromatic carbocycles. The molecule has 1 N–H and O–H groups in total. The summed E-state index contributed by atoms with van der Waals surface area (Å²) in [5.41, 5.74) is 0. The van der Waals surface area contributed by atoms with E-state index in [1.165, 1.54) is 64.2 Å². The summed E-state index contributed by atoms with van der Waals surface area (Å²) in [5.74, 6) is 0. The maximum atomic E-state index is 8.63. The normalized spacial score (nSPS) is 11.4. The number of aliphatic hydroxyl groups is 1. The van der Waals surface area contributed by atoms with Crippen LogP contribution in [0.1, 0.15) is 84.0 Å². The number of unbranched alkanes of at least 4 members (excludes halogenated alkanes) is 10. The highest BCUT2D eigenvalue weighted by atomic mass is 16.2. The quantitative estimate of drug-likeness (QED) is 0.345. The third kappa shape index (κ3) is 15.7. The zero-order chi connectivity index (χ0) is 12.6. The molecular formula is C16H32O. The first-order valence-electron chi connectivity index (χ1n) is 7.67. The van der Waals surface area contributed by atoms with Gasteiger partial charge in [-0.15, -0.1) is 0 Å². The monoisotopic (exact) mass is 240 g/mol. The predicted molar refractivity (Wildman–Crippen MR) is 77.3 cm³/mol. The second-order valence-electron chi connectivity index (χ2n) is 4.95. The molecule has 0 spiro atoms. The van der Waals surface area contributed by atoms with Gasteiger partial charge in [0.05, 0.1) is 0 Å². The molecule has 0 radical (unpaired) electrons. The first-order chi connectivity index (χ1) is 8.41. The molecule has 0 aliphatic rings. The Bertz CT molecular complexity index is 152. The molecule has 0 bridgehead atoms. The van der Waals surface area contributed by atoms with Crippen LogP contribution < -0.4 is 0 Å². The van der Waals surface area contributed by atoms with E-state index < -0.39 is 0 Å². The van der Waals surface area contributed by atoms with Crippen molar-refractivity contribution in [3.05, 3.63) is 12.2 Å². The van der Waals surface area contributed by atoms with E-state index in [4.69, 9.17) is 5.11 Å². The van der Waals surface area contributed by atoms with Crippen molar-refractivity contribution in [3.63, 3.8) is 0 Å².